The predicted molar refractivity (Wildman–Crippen MR) is 106 cm³/mol. The second-order valence-corrected chi connectivity index (χ2v) is 8.17. The third kappa shape index (κ3) is 4.99. The highest BCUT2D eigenvalue weighted by atomic mass is 32.2. The predicted octanol–water partition coefficient (Wildman–Crippen LogP) is 4.26. The average Bonchev–Trinajstić information content (AvgIpc) is 3.29. The molecule has 0 saturated heterocycles. The minimum atomic E-state index is -0.700. The number of benzene rings is 1. The lowest BCUT2D eigenvalue weighted by atomic mass is 10.2. The minimum absolute atomic E-state index is 0.171. The van der Waals surface area contributed by atoms with Gasteiger partial charge in [-0.3, -0.25) is 9.59 Å². The number of furan rings is 1. The molecule has 0 radical (unpaired) electrons. The van der Waals surface area contributed by atoms with Crippen LogP contribution in [0.2, 0.25) is 0 Å². The SMILES string of the molecule is Cc1csc(Sc2ccc(NC(=O)C(C)NC(=O)c3ccco3)c(C)c2)n1. The van der Waals surface area contributed by atoms with Crippen LogP contribution in [0.5, 0.6) is 0 Å². The minimum Gasteiger partial charge on any atom is -0.459 e. The van der Waals surface area contributed by atoms with Gasteiger partial charge in [-0.15, -0.1) is 11.3 Å². The molecule has 1 unspecified atom stereocenters. The molecule has 3 aromatic rings. The Morgan fingerprint density at radius 2 is 2.07 bits per heavy atom. The van der Waals surface area contributed by atoms with E-state index in [0.29, 0.717) is 5.69 Å². The van der Waals surface area contributed by atoms with E-state index in [1.54, 1.807) is 42.2 Å². The van der Waals surface area contributed by atoms with Gasteiger partial charge >= 0.3 is 0 Å². The van der Waals surface area contributed by atoms with Gasteiger partial charge in [0, 0.05) is 21.7 Å². The number of nitrogens with one attached hydrogen (secondary N) is 2. The summed E-state index contributed by atoms with van der Waals surface area (Å²) in [6.07, 6.45) is 1.41. The van der Waals surface area contributed by atoms with Gasteiger partial charge in [0.25, 0.3) is 5.91 Å². The van der Waals surface area contributed by atoms with Crippen LogP contribution in [-0.2, 0) is 4.79 Å². The van der Waals surface area contributed by atoms with E-state index in [1.165, 1.54) is 6.26 Å². The highest BCUT2D eigenvalue weighted by Gasteiger charge is 2.18. The molecule has 0 aliphatic rings. The zero-order valence-corrected chi connectivity index (χ0v) is 16.7. The monoisotopic (exact) mass is 401 g/mol. The number of hydrogen-bond donors (Lipinski definition) is 2. The highest BCUT2D eigenvalue weighted by molar-refractivity contribution is 8.01. The Morgan fingerprint density at radius 1 is 1.26 bits per heavy atom. The summed E-state index contributed by atoms with van der Waals surface area (Å²) >= 11 is 3.20. The molecule has 1 atom stereocenters. The van der Waals surface area contributed by atoms with E-state index in [-0.39, 0.29) is 11.7 Å². The Morgan fingerprint density at radius 3 is 2.70 bits per heavy atom. The standard InChI is InChI=1S/C19H19N3O3S2/c1-11-9-14(27-19-20-12(2)10-26-19)6-7-15(11)22-17(23)13(3)21-18(24)16-5-4-8-25-16/h4-10,13H,1-3H3,(H,21,24)(H,22,23). The number of aromatic nitrogens is 1. The molecule has 2 amide bonds. The van der Waals surface area contributed by atoms with Crippen LogP contribution in [-0.4, -0.2) is 22.8 Å². The van der Waals surface area contributed by atoms with Crippen LogP contribution in [0.4, 0.5) is 5.69 Å². The van der Waals surface area contributed by atoms with Crippen molar-refractivity contribution < 1.29 is 14.0 Å². The molecule has 1 aromatic carbocycles. The summed E-state index contributed by atoms with van der Waals surface area (Å²) in [6, 6.07) is 8.27. The first kappa shape index (κ1) is 19.2. The zero-order chi connectivity index (χ0) is 19.4. The average molecular weight is 402 g/mol. The van der Waals surface area contributed by atoms with Crippen LogP contribution in [0.3, 0.4) is 0 Å². The zero-order valence-electron chi connectivity index (χ0n) is 15.1. The number of rotatable bonds is 6. The number of nitrogens with zero attached hydrogens (tertiary/aromatic N) is 1. The van der Waals surface area contributed by atoms with Crippen LogP contribution >= 0.6 is 23.1 Å². The molecule has 0 spiro atoms. The fraction of sp³-hybridized carbons (Fsp3) is 0.211. The summed E-state index contributed by atoms with van der Waals surface area (Å²) in [5, 5.41) is 7.48. The van der Waals surface area contributed by atoms with Gasteiger partial charge in [-0.25, -0.2) is 4.98 Å². The van der Waals surface area contributed by atoms with Gasteiger partial charge in [-0.2, -0.15) is 0 Å². The molecule has 2 heterocycles. The van der Waals surface area contributed by atoms with E-state index in [9.17, 15) is 9.59 Å². The maximum atomic E-state index is 12.4. The molecule has 0 fully saturated rings. The third-order valence-corrected chi connectivity index (χ3v) is 5.79. The Labute approximate surface area is 165 Å². The molecule has 27 heavy (non-hydrogen) atoms. The first-order valence-corrected chi connectivity index (χ1v) is 9.98. The quantitative estimate of drug-likeness (QED) is 0.645. The first-order valence-electron chi connectivity index (χ1n) is 8.28. The number of carbonyl (C=O) groups is 2. The largest absolute Gasteiger partial charge is 0.459 e. The molecule has 140 valence electrons. The summed E-state index contributed by atoms with van der Waals surface area (Å²) in [6.45, 7) is 5.52. The van der Waals surface area contributed by atoms with Gasteiger partial charge < -0.3 is 15.1 Å². The molecular weight excluding hydrogens is 382 g/mol. The Hall–Kier alpha value is -2.58. The number of aryl methyl sites for hydroxylation is 2. The van der Waals surface area contributed by atoms with Crippen molar-refractivity contribution in [3.05, 3.63) is 59.0 Å². The van der Waals surface area contributed by atoms with Crippen LogP contribution in [0, 0.1) is 13.8 Å². The molecule has 0 aliphatic carbocycles. The number of amides is 2. The van der Waals surface area contributed by atoms with E-state index in [4.69, 9.17) is 4.42 Å². The lowest BCUT2D eigenvalue weighted by Gasteiger charge is -2.15. The number of anilines is 1. The molecule has 0 aliphatic heterocycles. The Kier molecular flexibility index (Phi) is 5.98. The van der Waals surface area contributed by atoms with Crippen LogP contribution in [0.25, 0.3) is 0 Å². The van der Waals surface area contributed by atoms with E-state index >= 15 is 0 Å². The van der Waals surface area contributed by atoms with Gasteiger partial charge in [0.15, 0.2) is 10.1 Å². The van der Waals surface area contributed by atoms with Gasteiger partial charge in [-0.05, 0) is 56.7 Å². The summed E-state index contributed by atoms with van der Waals surface area (Å²) in [5.74, 6) is -0.552. The van der Waals surface area contributed by atoms with Crippen molar-refractivity contribution in [1.29, 1.82) is 0 Å². The summed E-state index contributed by atoms with van der Waals surface area (Å²) in [5.41, 5.74) is 2.65. The van der Waals surface area contributed by atoms with Gasteiger partial charge in [0.2, 0.25) is 5.91 Å². The smallest absolute Gasteiger partial charge is 0.287 e. The number of thiazole rings is 1. The van der Waals surface area contributed by atoms with E-state index < -0.39 is 11.9 Å². The van der Waals surface area contributed by atoms with Crippen molar-refractivity contribution in [3.8, 4) is 0 Å². The van der Waals surface area contributed by atoms with Crippen LogP contribution in [0.1, 0.15) is 28.7 Å². The maximum Gasteiger partial charge on any atom is 0.287 e. The number of carbonyl (C=O) groups excluding carboxylic acids is 2. The van der Waals surface area contributed by atoms with Crippen LogP contribution in [0.15, 0.2) is 55.6 Å². The van der Waals surface area contributed by atoms with Crippen LogP contribution < -0.4 is 10.6 Å². The molecule has 0 bridgehead atoms. The second-order valence-electron chi connectivity index (χ2n) is 6.00. The first-order chi connectivity index (χ1) is 12.9. The Bertz CT molecular complexity index is 951. The summed E-state index contributed by atoms with van der Waals surface area (Å²) < 4.78 is 6.01. The molecule has 6 nitrogen and oxygen atoms in total. The Balaban J connectivity index is 1.60. The van der Waals surface area contributed by atoms with E-state index in [2.05, 4.69) is 15.6 Å². The lowest BCUT2D eigenvalue weighted by molar-refractivity contribution is -0.117. The van der Waals surface area contributed by atoms with Crippen molar-refractivity contribution in [1.82, 2.24) is 10.3 Å². The van der Waals surface area contributed by atoms with Crippen molar-refractivity contribution in [2.75, 3.05) is 5.32 Å². The topological polar surface area (TPSA) is 84.2 Å². The van der Waals surface area contributed by atoms with Crippen molar-refractivity contribution in [2.45, 2.75) is 36.0 Å². The van der Waals surface area contributed by atoms with Crippen molar-refractivity contribution in [2.24, 2.45) is 0 Å². The molecule has 3 rings (SSSR count). The number of hydrogen-bond acceptors (Lipinski definition) is 6. The fourth-order valence-electron chi connectivity index (χ4n) is 2.30. The third-order valence-electron chi connectivity index (χ3n) is 3.74. The van der Waals surface area contributed by atoms with E-state index in [1.807, 2.05) is 37.4 Å². The molecular formula is C19H19N3O3S2. The molecule has 2 N–H and O–H groups in total. The van der Waals surface area contributed by atoms with Crippen molar-refractivity contribution in [3.63, 3.8) is 0 Å². The van der Waals surface area contributed by atoms with Gasteiger partial charge in [0.1, 0.15) is 6.04 Å². The molecule has 8 heteroatoms. The van der Waals surface area contributed by atoms with Gasteiger partial charge in [0.05, 0.1) is 6.26 Å². The normalized spacial score (nSPS) is 11.8. The maximum absolute atomic E-state index is 12.4. The van der Waals surface area contributed by atoms with E-state index in [0.717, 1.165) is 20.5 Å². The molecule has 0 saturated carbocycles. The summed E-state index contributed by atoms with van der Waals surface area (Å²) in [7, 11) is 0. The lowest BCUT2D eigenvalue weighted by Crippen LogP contribution is -2.41. The second kappa shape index (κ2) is 8.41. The summed E-state index contributed by atoms with van der Waals surface area (Å²) in [4.78, 5) is 29.8. The van der Waals surface area contributed by atoms with Gasteiger partial charge in [-0.1, -0.05) is 11.8 Å². The van der Waals surface area contributed by atoms with Crippen molar-refractivity contribution >= 4 is 40.6 Å². The fourth-order valence-corrected chi connectivity index (χ4v) is 4.21. The molecule has 2 aromatic heterocycles. The highest BCUT2D eigenvalue weighted by Crippen LogP contribution is 2.32.